The van der Waals surface area contributed by atoms with Crippen molar-refractivity contribution in [2.24, 2.45) is 0 Å². The fourth-order valence-electron chi connectivity index (χ4n) is 2.41. The summed E-state index contributed by atoms with van der Waals surface area (Å²) in [6.45, 7) is 1.82. The number of hydrogen-bond donors (Lipinski definition) is 1. The molecule has 0 heterocycles. The molecule has 0 spiro atoms. The van der Waals surface area contributed by atoms with Crippen molar-refractivity contribution in [3.63, 3.8) is 0 Å². The van der Waals surface area contributed by atoms with Crippen molar-refractivity contribution in [2.75, 3.05) is 19.7 Å². The maximum atomic E-state index is 10.6. The third kappa shape index (κ3) is 3.75. The molecule has 0 aromatic heterocycles. The summed E-state index contributed by atoms with van der Waals surface area (Å²) in [5, 5.41) is 19.7. The Morgan fingerprint density at radius 1 is 1.26 bits per heavy atom. The molecule has 0 unspecified atom stereocenters. The number of non-ortho nitro benzene ring substituents is 1. The number of benzene rings is 1. The van der Waals surface area contributed by atoms with Gasteiger partial charge < -0.3 is 5.11 Å². The van der Waals surface area contributed by atoms with Gasteiger partial charge in [-0.05, 0) is 24.8 Å². The van der Waals surface area contributed by atoms with Crippen LogP contribution >= 0.6 is 0 Å². The Kier molecular flexibility index (Phi) is 4.87. The fourth-order valence-corrected chi connectivity index (χ4v) is 2.41. The smallest absolute Gasteiger partial charge is 0.269 e. The molecule has 1 aliphatic carbocycles. The lowest BCUT2D eigenvalue weighted by Crippen LogP contribution is -2.42. The van der Waals surface area contributed by atoms with Gasteiger partial charge in [-0.2, -0.15) is 0 Å². The Morgan fingerprint density at radius 2 is 1.95 bits per heavy atom. The lowest BCUT2D eigenvalue weighted by atomic mass is 9.91. The Morgan fingerprint density at radius 3 is 2.42 bits per heavy atom. The zero-order chi connectivity index (χ0) is 13.7. The first-order valence-electron chi connectivity index (χ1n) is 6.79. The molecule has 0 atom stereocenters. The van der Waals surface area contributed by atoms with E-state index in [-0.39, 0.29) is 17.2 Å². The monoisotopic (exact) mass is 264 g/mol. The average molecular weight is 264 g/mol. The lowest BCUT2D eigenvalue weighted by Gasteiger charge is -2.37. The number of aliphatic hydroxyl groups excluding tert-OH is 1. The van der Waals surface area contributed by atoms with Gasteiger partial charge in [0.1, 0.15) is 0 Å². The third-order valence-electron chi connectivity index (χ3n) is 3.81. The van der Waals surface area contributed by atoms with Crippen LogP contribution in [-0.2, 0) is 6.42 Å². The van der Waals surface area contributed by atoms with Gasteiger partial charge in [0.25, 0.3) is 5.69 Å². The Labute approximate surface area is 113 Å². The molecule has 104 valence electrons. The molecule has 0 saturated heterocycles. The first-order valence-corrected chi connectivity index (χ1v) is 6.79. The van der Waals surface area contributed by atoms with E-state index in [4.69, 9.17) is 5.11 Å². The van der Waals surface area contributed by atoms with E-state index in [9.17, 15) is 10.1 Å². The highest BCUT2D eigenvalue weighted by molar-refractivity contribution is 5.32. The highest BCUT2D eigenvalue weighted by Gasteiger charge is 2.23. The van der Waals surface area contributed by atoms with Crippen LogP contribution in [-0.4, -0.2) is 40.7 Å². The lowest BCUT2D eigenvalue weighted by molar-refractivity contribution is -0.384. The summed E-state index contributed by atoms with van der Waals surface area (Å²) in [6.07, 6.45) is 4.60. The molecule has 19 heavy (non-hydrogen) atoms. The molecule has 1 aromatic carbocycles. The Bertz CT molecular complexity index is 415. The van der Waals surface area contributed by atoms with Crippen LogP contribution in [0.5, 0.6) is 0 Å². The molecule has 1 saturated carbocycles. The standard InChI is InChI=1S/C14H20N2O3/c17-11-10-15(13-2-1-3-13)9-8-12-4-6-14(7-5-12)16(18)19/h4-7,13,17H,1-3,8-11H2. The molecule has 0 radical (unpaired) electrons. The van der Waals surface area contributed by atoms with E-state index in [1.807, 2.05) is 12.1 Å². The minimum Gasteiger partial charge on any atom is -0.395 e. The van der Waals surface area contributed by atoms with Crippen LogP contribution in [0.4, 0.5) is 5.69 Å². The first kappa shape index (κ1) is 14.0. The van der Waals surface area contributed by atoms with Crippen LogP contribution in [0.25, 0.3) is 0 Å². The second-order valence-electron chi connectivity index (χ2n) is 5.02. The molecule has 0 amide bonds. The van der Waals surface area contributed by atoms with Crippen LogP contribution in [0.2, 0.25) is 0 Å². The molecule has 5 heteroatoms. The topological polar surface area (TPSA) is 66.6 Å². The summed E-state index contributed by atoms with van der Waals surface area (Å²) >= 11 is 0. The van der Waals surface area contributed by atoms with E-state index in [0.29, 0.717) is 6.04 Å². The third-order valence-corrected chi connectivity index (χ3v) is 3.81. The normalized spacial score (nSPS) is 15.5. The van der Waals surface area contributed by atoms with Crippen molar-refractivity contribution in [3.8, 4) is 0 Å². The molecule has 0 aliphatic heterocycles. The summed E-state index contributed by atoms with van der Waals surface area (Å²) in [4.78, 5) is 12.5. The van der Waals surface area contributed by atoms with E-state index >= 15 is 0 Å². The van der Waals surface area contributed by atoms with Crippen LogP contribution in [0.15, 0.2) is 24.3 Å². The van der Waals surface area contributed by atoms with Crippen molar-refractivity contribution in [2.45, 2.75) is 31.7 Å². The van der Waals surface area contributed by atoms with Gasteiger partial charge in [-0.15, -0.1) is 0 Å². The average Bonchev–Trinajstić information content (AvgIpc) is 2.34. The van der Waals surface area contributed by atoms with E-state index in [1.54, 1.807) is 12.1 Å². The van der Waals surface area contributed by atoms with E-state index in [0.717, 1.165) is 25.1 Å². The van der Waals surface area contributed by atoms with Gasteiger partial charge in [-0.25, -0.2) is 0 Å². The summed E-state index contributed by atoms with van der Waals surface area (Å²) in [6, 6.07) is 7.35. The first-order chi connectivity index (χ1) is 9.20. The summed E-state index contributed by atoms with van der Waals surface area (Å²) in [5.41, 5.74) is 1.24. The van der Waals surface area contributed by atoms with Crippen LogP contribution in [0, 0.1) is 10.1 Å². The zero-order valence-corrected chi connectivity index (χ0v) is 11.0. The predicted molar refractivity (Wildman–Crippen MR) is 73.1 cm³/mol. The molecule has 1 fully saturated rings. The number of aliphatic hydroxyl groups is 1. The van der Waals surface area contributed by atoms with E-state index in [1.165, 1.54) is 19.3 Å². The van der Waals surface area contributed by atoms with Crippen LogP contribution in [0.3, 0.4) is 0 Å². The number of rotatable bonds is 7. The van der Waals surface area contributed by atoms with Gasteiger partial charge >= 0.3 is 0 Å². The molecule has 1 N–H and O–H groups in total. The highest BCUT2D eigenvalue weighted by Crippen LogP contribution is 2.24. The predicted octanol–water partition coefficient (Wildman–Crippen LogP) is 1.98. The molecule has 5 nitrogen and oxygen atoms in total. The SMILES string of the molecule is O=[N+]([O-])c1ccc(CCN(CCO)C2CCC2)cc1. The maximum Gasteiger partial charge on any atom is 0.269 e. The summed E-state index contributed by atoms with van der Waals surface area (Å²) < 4.78 is 0. The molecule has 1 aliphatic rings. The maximum absolute atomic E-state index is 10.6. The van der Waals surface area contributed by atoms with Gasteiger partial charge in [0.05, 0.1) is 11.5 Å². The van der Waals surface area contributed by atoms with Crippen molar-refractivity contribution >= 4 is 5.69 Å². The van der Waals surface area contributed by atoms with E-state index < -0.39 is 0 Å². The number of hydrogen-bond acceptors (Lipinski definition) is 4. The minimum absolute atomic E-state index is 0.134. The van der Waals surface area contributed by atoms with Gasteiger partial charge in [0, 0.05) is 31.3 Å². The second kappa shape index (κ2) is 6.63. The van der Waals surface area contributed by atoms with Gasteiger partial charge in [-0.3, -0.25) is 15.0 Å². The molecule has 2 rings (SSSR count). The Balaban J connectivity index is 1.87. The van der Waals surface area contributed by atoms with E-state index in [2.05, 4.69) is 4.90 Å². The number of nitrogens with zero attached hydrogens (tertiary/aromatic N) is 2. The van der Waals surface area contributed by atoms with Crippen molar-refractivity contribution in [1.29, 1.82) is 0 Å². The molecule has 1 aromatic rings. The highest BCUT2D eigenvalue weighted by atomic mass is 16.6. The second-order valence-corrected chi connectivity index (χ2v) is 5.02. The van der Waals surface area contributed by atoms with Gasteiger partial charge in [-0.1, -0.05) is 18.6 Å². The summed E-state index contributed by atoms with van der Waals surface area (Å²) in [7, 11) is 0. The van der Waals surface area contributed by atoms with Crippen LogP contribution in [0.1, 0.15) is 24.8 Å². The summed E-state index contributed by atoms with van der Waals surface area (Å²) in [5.74, 6) is 0. The zero-order valence-electron chi connectivity index (χ0n) is 11.0. The number of nitro benzene ring substituents is 1. The van der Waals surface area contributed by atoms with Gasteiger partial charge in [0.2, 0.25) is 0 Å². The van der Waals surface area contributed by atoms with Crippen molar-refractivity contribution < 1.29 is 10.0 Å². The minimum atomic E-state index is -0.379. The Hall–Kier alpha value is -1.46. The number of nitro groups is 1. The van der Waals surface area contributed by atoms with Gasteiger partial charge in [0.15, 0.2) is 0 Å². The van der Waals surface area contributed by atoms with Crippen molar-refractivity contribution in [1.82, 2.24) is 4.90 Å². The molecule has 0 bridgehead atoms. The quantitative estimate of drug-likeness (QED) is 0.604. The molecular formula is C14H20N2O3. The fraction of sp³-hybridized carbons (Fsp3) is 0.571. The molecular weight excluding hydrogens is 244 g/mol. The van der Waals surface area contributed by atoms with Crippen LogP contribution < -0.4 is 0 Å². The van der Waals surface area contributed by atoms with Crippen molar-refractivity contribution in [3.05, 3.63) is 39.9 Å². The largest absolute Gasteiger partial charge is 0.395 e.